The first-order valence-electron chi connectivity index (χ1n) is 8.41. The van der Waals surface area contributed by atoms with Crippen molar-refractivity contribution in [2.24, 2.45) is 0 Å². The van der Waals surface area contributed by atoms with Crippen molar-refractivity contribution < 1.29 is 13.2 Å². The highest BCUT2D eigenvalue weighted by atomic mass is 32.2. The van der Waals surface area contributed by atoms with E-state index in [-0.39, 0.29) is 17.7 Å². The zero-order chi connectivity index (χ0) is 17.9. The summed E-state index contributed by atoms with van der Waals surface area (Å²) in [4.78, 5) is 13.0. The van der Waals surface area contributed by atoms with Gasteiger partial charge in [0.15, 0.2) is 0 Å². The van der Waals surface area contributed by atoms with Crippen LogP contribution in [0.1, 0.15) is 36.8 Å². The molecule has 1 saturated heterocycles. The van der Waals surface area contributed by atoms with Gasteiger partial charge >= 0.3 is 0 Å². The van der Waals surface area contributed by atoms with E-state index in [1.807, 2.05) is 67.6 Å². The van der Waals surface area contributed by atoms with Crippen LogP contribution in [0, 0.1) is 0 Å². The van der Waals surface area contributed by atoms with Crippen LogP contribution < -0.4 is 5.43 Å². The lowest BCUT2D eigenvalue weighted by Crippen LogP contribution is -2.55. The van der Waals surface area contributed by atoms with E-state index < -0.39 is 15.9 Å². The molecule has 1 N–H and O–H groups in total. The molecule has 1 heterocycles. The highest BCUT2D eigenvalue weighted by Crippen LogP contribution is 2.26. The molecule has 0 aliphatic carbocycles. The third kappa shape index (κ3) is 3.91. The summed E-state index contributed by atoms with van der Waals surface area (Å²) in [6, 6.07) is 18.6. The van der Waals surface area contributed by atoms with Crippen molar-refractivity contribution in [2.75, 3.05) is 5.75 Å². The van der Waals surface area contributed by atoms with Crippen LogP contribution >= 0.6 is 0 Å². The lowest BCUT2D eigenvalue weighted by molar-refractivity contribution is -0.125. The molecule has 0 bridgehead atoms. The Morgan fingerprint density at radius 1 is 1.04 bits per heavy atom. The third-order valence-corrected chi connectivity index (χ3v) is 6.33. The zero-order valence-electron chi connectivity index (χ0n) is 14.1. The Morgan fingerprint density at radius 3 is 2.04 bits per heavy atom. The van der Waals surface area contributed by atoms with Crippen molar-refractivity contribution in [2.45, 2.75) is 31.7 Å². The molecule has 25 heavy (non-hydrogen) atoms. The predicted octanol–water partition coefficient (Wildman–Crippen LogP) is 2.66. The first kappa shape index (κ1) is 17.6. The molecule has 1 aliphatic heterocycles. The maximum absolute atomic E-state index is 13.0. The normalized spacial score (nSPS) is 20.3. The second kappa shape index (κ2) is 7.37. The van der Waals surface area contributed by atoms with Gasteiger partial charge in [0, 0.05) is 6.04 Å². The molecule has 1 amide bonds. The number of hydrogen-bond acceptors (Lipinski definition) is 3. The molecular weight excluding hydrogens is 336 g/mol. The largest absolute Gasteiger partial charge is 0.274 e. The molecular formula is C19H22N2O3S. The van der Waals surface area contributed by atoms with Crippen LogP contribution in [0.15, 0.2) is 60.7 Å². The molecule has 0 spiro atoms. The van der Waals surface area contributed by atoms with Gasteiger partial charge in [-0.25, -0.2) is 8.42 Å². The van der Waals surface area contributed by atoms with Crippen molar-refractivity contribution in [3.63, 3.8) is 0 Å². The zero-order valence-corrected chi connectivity index (χ0v) is 14.9. The summed E-state index contributed by atoms with van der Waals surface area (Å²) < 4.78 is 25.8. The Balaban J connectivity index is 1.92. The molecule has 0 aromatic heterocycles. The molecule has 1 atom stereocenters. The van der Waals surface area contributed by atoms with Gasteiger partial charge in [-0.1, -0.05) is 60.7 Å². The summed E-state index contributed by atoms with van der Waals surface area (Å²) in [6.07, 6.45) is 1.36. The van der Waals surface area contributed by atoms with E-state index in [9.17, 15) is 13.2 Å². The summed E-state index contributed by atoms with van der Waals surface area (Å²) in [5, 5.41) is 0. The molecule has 1 aliphatic rings. The number of carbonyl (C=O) groups is 1. The number of hydrogen-bond donors (Lipinski definition) is 1. The first-order valence-corrected chi connectivity index (χ1v) is 10.0. The maximum Gasteiger partial charge on any atom is 0.247 e. The van der Waals surface area contributed by atoms with Gasteiger partial charge in [-0.2, -0.15) is 0 Å². The minimum absolute atomic E-state index is 0.0684. The Kier molecular flexibility index (Phi) is 5.20. The van der Waals surface area contributed by atoms with Gasteiger partial charge < -0.3 is 0 Å². The fourth-order valence-electron chi connectivity index (χ4n) is 3.19. The number of sulfonamides is 1. The Labute approximate surface area is 148 Å². The quantitative estimate of drug-likeness (QED) is 0.914. The number of hydrazine groups is 1. The number of amides is 1. The van der Waals surface area contributed by atoms with Crippen molar-refractivity contribution >= 4 is 15.9 Å². The molecule has 1 fully saturated rings. The number of nitrogens with one attached hydrogen (secondary N) is 1. The Hall–Kier alpha value is -2.18. The van der Waals surface area contributed by atoms with E-state index >= 15 is 0 Å². The first-order chi connectivity index (χ1) is 12.0. The topological polar surface area (TPSA) is 66.5 Å². The van der Waals surface area contributed by atoms with Gasteiger partial charge in [0.1, 0.15) is 0 Å². The van der Waals surface area contributed by atoms with Crippen molar-refractivity contribution in [3.05, 3.63) is 71.8 Å². The predicted molar refractivity (Wildman–Crippen MR) is 97.2 cm³/mol. The molecule has 6 heteroatoms. The van der Waals surface area contributed by atoms with Crippen LogP contribution in [-0.4, -0.2) is 30.5 Å². The molecule has 2 aromatic rings. The molecule has 132 valence electrons. The maximum atomic E-state index is 13.0. The van der Waals surface area contributed by atoms with Crippen LogP contribution in [0.5, 0.6) is 0 Å². The molecule has 2 aromatic carbocycles. The third-order valence-electron chi connectivity index (χ3n) is 4.47. The van der Waals surface area contributed by atoms with Crippen LogP contribution in [0.4, 0.5) is 0 Å². The lowest BCUT2D eigenvalue weighted by Gasteiger charge is -2.33. The monoisotopic (exact) mass is 358 g/mol. The summed E-state index contributed by atoms with van der Waals surface area (Å²) in [7, 11) is -3.46. The van der Waals surface area contributed by atoms with Gasteiger partial charge in [0.25, 0.3) is 0 Å². The van der Waals surface area contributed by atoms with Gasteiger partial charge in [-0.3, -0.25) is 10.2 Å². The molecule has 0 radical (unpaired) electrons. The Bertz CT molecular complexity index is 783. The minimum Gasteiger partial charge on any atom is -0.274 e. The average molecular weight is 358 g/mol. The van der Waals surface area contributed by atoms with E-state index in [2.05, 4.69) is 5.43 Å². The van der Waals surface area contributed by atoms with Gasteiger partial charge in [0.05, 0.1) is 11.7 Å². The van der Waals surface area contributed by atoms with Gasteiger partial charge in [-0.15, -0.1) is 4.41 Å². The van der Waals surface area contributed by atoms with E-state index in [1.165, 1.54) is 0 Å². The van der Waals surface area contributed by atoms with Crippen LogP contribution in [0.3, 0.4) is 0 Å². The summed E-state index contributed by atoms with van der Waals surface area (Å²) in [5.74, 6) is -0.833. The molecule has 3 rings (SSSR count). The van der Waals surface area contributed by atoms with Crippen LogP contribution in [-0.2, 0) is 14.8 Å². The summed E-state index contributed by atoms with van der Waals surface area (Å²) in [6.45, 7) is 1.82. The van der Waals surface area contributed by atoms with Crippen molar-refractivity contribution in [1.82, 2.24) is 9.84 Å². The highest BCUT2D eigenvalue weighted by Gasteiger charge is 2.35. The molecule has 5 nitrogen and oxygen atoms in total. The fourth-order valence-corrected chi connectivity index (χ4v) is 4.80. The number of nitrogens with zero attached hydrogens (tertiary/aromatic N) is 1. The molecule has 1 unspecified atom stereocenters. The van der Waals surface area contributed by atoms with Crippen molar-refractivity contribution in [1.29, 1.82) is 0 Å². The van der Waals surface area contributed by atoms with E-state index in [0.717, 1.165) is 22.0 Å². The van der Waals surface area contributed by atoms with Crippen molar-refractivity contribution in [3.8, 4) is 0 Å². The summed E-state index contributed by atoms with van der Waals surface area (Å²) in [5.41, 5.74) is 4.32. The molecule has 0 saturated carbocycles. The average Bonchev–Trinajstić information content (AvgIpc) is 2.60. The fraction of sp³-hybridized carbons (Fsp3) is 0.316. The van der Waals surface area contributed by atoms with Crippen LogP contribution in [0.25, 0.3) is 0 Å². The van der Waals surface area contributed by atoms with Gasteiger partial charge in [-0.05, 0) is 30.9 Å². The lowest BCUT2D eigenvalue weighted by atomic mass is 9.91. The number of carbonyl (C=O) groups excluding carboxylic acids is 1. The number of benzene rings is 2. The standard InChI is InChI=1S/C19H22N2O3S/c1-15-9-8-14-25(23,24)21(15)20-19(22)18(16-10-4-2-5-11-16)17-12-6-3-7-13-17/h2-7,10-13,15,18H,8-9,14H2,1H3,(H,20,22). The van der Waals surface area contributed by atoms with E-state index in [1.54, 1.807) is 0 Å². The minimum atomic E-state index is -3.46. The second-order valence-corrected chi connectivity index (χ2v) is 8.30. The highest BCUT2D eigenvalue weighted by molar-refractivity contribution is 7.89. The van der Waals surface area contributed by atoms with E-state index in [4.69, 9.17) is 0 Å². The summed E-state index contributed by atoms with van der Waals surface area (Å²) >= 11 is 0. The Morgan fingerprint density at radius 2 is 1.56 bits per heavy atom. The second-order valence-electron chi connectivity index (χ2n) is 6.33. The van der Waals surface area contributed by atoms with E-state index in [0.29, 0.717) is 6.42 Å². The number of rotatable bonds is 4. The van der Waals surface area contributed by atoms with Crippen LogP contribution in [0.2, 0.25) is 0 Å². The smallest absolute Gasteiger partial charge is 0.247 e. The van der Waals surface area contributed by atoms with Gasteiger partial charge in [0.2, 0.25) is 15.9 Å². The SMILES string of the molecule is CC1CCCS(=O)(=O)N1NC(=O)C(c1ccccc1)c1ccccc1.